The summed E-state index contributed by atoms with van der Waals surface area (Å²) in [6.07, 6.45) is 3.22. The molecule has 1 N–H and O–H groups in total. The van der Waals surface area contributed by atoms with Crippen molar-refractivity contribution in [2.45, 2.75) is 38.9 Å². The summed E-state index contributed by atoms with van der Waals surface area (Å²) in [5.74, 6) is 0.895. The Hall–Kier alpha value is -1.69. The van der Waals surface area contributed by atoms with Gasteiger partial charge in [0.1, 0.15) is 11.8 Å². The fraction of sp³-hybridized carbons (Fsp3) is 0.615. The van der Waals surface area contributed by atoms with Gasteiger partial charge >= 0.3 is 0 Å². The molecule has 0 aliphatic carbocycles. The number of nitrogens with one attached hydrogen (secondary N) is 1. The van der Waals surface area contributed by atoms with Crippen LogP contribution in [-0.2, 0) is 4.74 Å². The highest BCUT2D eigenvalue weighted by Gasteiger charge is 2.39. The zero-order chi connectivity index (χ0) is 13.7. The van der Waals surface area contributed by atoms with Gasteiger partial charge in [-0.3, -0.25) is 0 Å². The number of nitrogens with zero attached hydrogens (tertiary/aromatic N) is 4. The Morgan fingerprint density at radius 3 is 2.47 bits per heavy atom. The van der Waals surface area contributed by atoms with Crippen molar-refractivity contribution in [3.8, 4) is 0 Å². The van der Waals surface area contributed by atoms with Crippen LogP contribution in [-0.4, -0.2) is 44.2 Å². The van der Waals surface area contributed by atoms with E-state index in [0.717, 1.165) is 24.4 Å². The predicted molar refractivity (Wildman–Crippen MR) is 73.1 cm³/mol. The largest absolute Gasteiger partial charge is 0.366 e. The van der Waals surface area contributed by atoms with Gasteiger partial charge in [-0.25, -0.2) is 15.0 Å². The van der Waals surface area contributed by atoms with Gasteiger partial charge in [-0.2, -0.15) is 0 Å². The Balaban J connectivity index is 2.03. The van der Waals surface area contributed by atoms with Gasteiger partial charge in [-0.05, 0) is 27.7 Å². The van der Waals surface area contributed by atoms with E-state index in [1.54, 1.807) is 12.7 Å². The van der Waals surface area contributed by atoms with Crippen LogP contribution in [0.1, 0.15) is 27.7 Å². The lowest BCUT2D eigenvalue weighted by atomic mass is 9.99. The number of rotatable bonds is 1. The van der Waals surface area contributed by atoms with Crippen molar-refractivity contribution in [2.75, 3.05) is 18.0 Å². The maximum atomic E-state index is 6.10. The molecule has 0 saturated carbocycles. The number of aromatic amines is 1. The average molecular weight is 261 g/mol. The summed E-state index contributed by atoms with van der Waals surface area (Å²) in [4.78, 5) is 18.1. The molecule has 0 aromatic carbocycles. The topological polar surface area (TPSA) is 66.9 Å². The quantitative estimate of drug-likeness (QED) is 0.847. The number of ether oxygens (including phenoxy) is 1. The molecule has 6 nitrogen and oxygen atoms in total. The molecule has 6 heteroatoms. The highest BCUT2D eigenvalue weighted by atomic mass is 16.5. The van der Waals surface area contributed by atoms with Gasteiger partial charge in [0.25, 0.3) is 0 Å². The second-order valence-corrected chi connectivity index (χ2v) is 6.28. The van der Waals surface area contributed by atoms with Crippen LogP contribution in [0.5, 0.6) is 0 Å². The van der Waals surface area contributed by atoms with Crippen molar-refractivity contribution < 1.29 is 4.74 Å². The molecule has 1 aliphatic rings. The molecule has 1 aliphatic heterocycles. The number of morpholine rings is 1. The van der Waals surface area contributed by atoms with Gasteiger partial charge < -0.3 is 14.6 Å². The van der Waals surface area contributed by atoms with E-state index in [4.69, 9.17) is 4.74 Å². The lowest BCUT2D eigenvalue weighted by molar-refractivity contribution is -0.133. The molecular weight excluding hydrogens is 242 g/mol. The van der Waals surface area contributed by atoms with Crippen LogP contribution in [0.4, 0.5) is 5.82 Å². The highest BCUT2D eigenvalue weighted by molar-refractivity contribution is 5.82. The summed E-state index contributed by atoms with van der Waals surface area (Å²) in [5, 5.41) is 0. The molecule has 0 unspecified atom stereocenters. The molecule has 19 heavy (non-hydrogen) atoms. The monoisotopic (exact) mass is 261 g/mol. The third-order valence-corrected chi connectivity index (χ3v) is 3.20. The summed E-state index contributed by atoms with van der Waals surface area (Å²) >= 11 is 0. The van der Waals surface area contributed by atoms with Crippen LogP contribution in [0.3, 0.4) is 0 Å². The van der Waals surface area contributed by atoms with Crippen LogP contribution in [0.25, 0.3) is 11.2 Å². The smallest absolute Gasteiger partial charge is 0.182 e. The number of anilines is 1. The van der Waals surface area contributed by atoms with Gasteiger partial charge in [0, 0.05) is 13.1 Å². The molecular formula is C13H19N5O. The molecule has 1 saturated heterocycles. The van der Waals surface area contributed by atoms with E-state index < -0.39 is 0 Å². The molecule has 102 valence electrons. The fourth-order valence-electron chi connectivity index (χ4n) is 2.93. The Kier molecular flexibility index (Phi) is 2.53. The van der Waals surface area contributed by atoms with Crippen molar-refractivity contribution in [2.24, 2.45) is 0 Å². The first kappa shape index (κ1) is 12.3. The van der Waals surface area contributed by atoms with Gasteiger partial charge in [0.2, 0.25) is 0 Å². The van der Waals surface area contributed by atoms with E-state index in [0.29, 0.717) is 5.65 Å². The van der Waals surface area contributed by atoms with Gasteiger partial charge in [0.15, 0.2) is 11.5 Å². The summed E-state index contributed by atoms with van der Waals surface area (Å²) in [6.45, 7) is 10.0. The molecule has 0 bridgehead atoms. The van der Waals surface area contributed by atoms with Crippen LogP contribution < -0.4 is 4.90 Å². The maximum Gasteiger partial charge on any atom is 0.182 e. The van der Waals surface area contributed by atoms with Gasteiger partial charge in [-0.15, -0.1) is 0 Å². The minimum atomic E-state index is -0.209. The molecule has 0 amide bonds. The first-order chi connectivity index (χ1) is 8.86. The van der Waals surface area contributed by atoms with E-state index in [1.807, 2.05) is 0 Å². The van der Waals surface area contributed by atoms with Crippen molar-refractivity contribution in [1.82, 2.24) is 19.9 Å². The van der Waals surface area contributed by atoms with Crippen LogP contribution in [0, 0.1) is 0 Å². The van der Waals surface area contributed by atoms with Crippen LogP contribution >= 0.6 is 0 Å². The van der Waals surface area contributed by atoms with E-state index >= 15 is 0 Å². The lowest BCUT2D eigenvalue weighted by Crippen LogP contribution is -2.57. The normalized spacial score (nSPS) is 21.8. The molecule has 1 fully saturated rings. The van der Waals surface area contributed by atoms with Gasteiger partial charge in [0.05, 0.1) is 17.5 Å². The van der Waals surface area contributed by atoms with Crippen LogP contribution in [0.15, 0.2) is 12.7 Å². The SMILES string of the molecule is CC1(C)CN(c2ncnc3nc[nH]c23)CC(C)(C)O1. The van der Waals surface area contributed by atoms with E-state index in [-0.39, 0.29) is 11.2 Å². The molecule has 2 aromatic heterocycles. The van der Waals surface area contributed by atoms with Crippen molar-refractivity contribution >= 4 is 17.0 Å². The lowest BCUT2D eigenvalue weighted by Gasteiger charge is -2.47. The highest BCUT2D eigenvalue weighted by Crippen LogP contribution is 2.32. The number of hydrogen-bond acceptors (Lipinski definition) is 5. The average Bonchev–Trinajstić information content (AvgIpc) is 2.71. The number of H-pyrrole nitrogens is 1. The summed E-state index contributed by atoms with van der Waals surface area (Å²) < 4.78 is 6.10. The minimum absolute atomic E-state index is 0.209. The molecule has 3 rings (SSSR count). The third kappa shape index (κ3) is 2.28. The zero-order valence-electron chi connectivity index (χ0n) is 11.8. The van der Waals surface area contributed by atoms with Gasteiger partial charge in [-0.1, -0.05) is 0 Å². The third-order valence-electron chi connectivity index (χ3n) is 3.20. The molecule has 3 heterocycles. The summed E-state index contributed by atoms with van der Waals surface area (Å²) in [7, 11) is 0. The number of imidazole rings is 1. The Morgan fingerprint density at radius 1 is 1.11 bits per heavy atom. The second kappa shape index (κ2) is 3.90. The standard InChI is InChI=1S/C13H19N5O/c1-12(2)5-18(6-13(3,4)19-12)11-9-10(15-7-14-9)16-8-17-11/h7-8H,5-6H2,1-4H3,(H,14,15,16,17). The Labute approximate surface area is 112 Å². The van der Waals surface area contributed by atoms with Crippen molar-refractivity contribution in [3.05, 3.63) is 12.7 Å². The number of hydrogen-bond donors (Lipinski definition) is 1. The van der Waals surface area contributed by atoms with E-state index in [9.17, 15) is 0 Å². The van der Waals surface area contributed by atoms with Crippen molar-refractivity contribution in [3.63, 3.8) is 0 Å². The first-order valence-corrected chi connectivity index (χ1v) is 6.46. The zero-order valence-corrected chi connectivity index (χ0v) is 11.8. The first-order valence-electron chi connectivity index (χ1n) is 6.46. The molecule has 0 spiro atoms. The predicted octanol–water partition coefficient (Wildman–Crippen LogP) is 1.75. The van der Waals surface area contributed by atoms with E-state index in [2.05, 4.69) is 52.5 Å². The number of aromatic nitrogens is 4. The summed E-state index contributed by atoms with van der Waals surface area (Å²) in [6, 6.07) is 0. The van der Waals surface area contributed by atoms with Crippen LogP contribution in [0.2, 0.25) is 0 Å². The minimum Gasteiger partial charge on any atom is -0.366 e. The fourth-order valence-corrected chi connectivity index (χ4v) is 2.93. The molecule has 2 aromatic rings. The molecule has 0 radical (unpaired) electrons. The summed E-state index contributed by atoms with van der Waals surface area (Å²) in [5.41, 5.74) is 1.17. The maximum absolute atomic E-state index is 6.10. The van der Waals surface area contributed by atoms with Crippen molar-refractivity contribution in [1.29, 1.82) is 0 Å². The second-order valence-electron chi connectivity index (χ2n) is 6.28. The molecule has 0 atom stereocenters. The Bertz CT molecular complexity index is 588. The number of fused-ring (bicyclic) bond motifs is 1. The Morgan fingerprint density at radius 2 is 1.79 bits per heavy atom. The van der Waals surface area contributed by atoms with E-state index in [1.165, 1.54) is 0 Å².